The van der Waals surface area contributed by atoms with E-state index in [1.807, 2.05) is 18.2 Å². The Labute approximate surface area is 102 Å². The van der Waals surface area contributed by atoms with Gasteiger partial charge in [-0.1, -0.05) is 6.07 Å². The number of benzene rings is 1. The zero-order valence-corrected chi connectivity index (χ0v) is 10.3. The Bertz CT molecular complexity index is 505. The maximum Gasteiger partial charge on any atom is 0.159 e. The number of aromatic amines is 1. The second-order valence-electron chi connectivity index (χ2n) is 3.81. The van der Waals surface area contributed by atoms with Crippen LogP contribution in [0.4, 0.5) is 5.82 Å². The molecular formula is C11H12BrN3O. The molecule has 0 saturated carbocycles. The van der Waals surface area contributed by atoms with E-state index < -0.39 is 0 Å². The van der Waals surface area contributed by atoms with E-state index in [0.717, 1.165) is 47.5 Å². The quantitative estimate of drug-likeness (QED) is 0.871. The number of aromatic nitrogens is 2. The molecule has 1 aromatic heterocycles. The molecule has 0 unspecified atom stereocenters. The number of halogens is 1. The fraction of sp³-hybridized carbons (Fsp3) is 0.364. The fourth-order valence-corrected chi connectivity index (χ4v) is 2.56. The molecule has 0 spiro atoms. The first-order valence-corrected chi connectivity index (χ1v) is 6.11. The largest absolute Gasteiger partial charge is 0.378 e. The van der Waals surface area contributed by atoms with Gasteiger partial charge in [0.1, 0.15) is 0 Å². The second-order valence-corrected chi connectivity index (χ2v) is 4.66. The topological polar surface area (TPSA) is 41.2 Å². The molecule has 1 aliphatic heterocycles. The van der Waals surface area contributed by atoms with Crippen LogP contribution in [0.15, 0.2) is 22.7 Å². The van der Waals surface area contributed by atoms with E-state index in [9.17, 15) is 0 Å². The van der Waals surface area contributed by atoms with Crippen molar-refractivity contribution in [2.75, 3.05) is 31.2 Å². The van der Waals surface area contributed by atoms with Crippen molar-refractivity contribution in [3.8, 4) is 0 Å². The van der Waals surface area contributed by atoms with Gasteiger partial charge in [0.15, 0.2) is 5.82 Å². The zero-order chi connectivity index (χ0) is 11.0. The summed E-state index contributed by atoms with van der Waals surface area (Å²) in [7, 11) is 0. The lowest BCUT2D eigenvalue weighted by Crippen LogP contribution is -2.36. The molecule has 0 aliphatic carbocycles. The van der Waals surface area contributed by atoms with Crippen LogP contribution in [0.25, 0.3) is 10.9 Å². The molecule has 1 aromatic carbocycles. The van der Waals surface area contributed by atoms with Crippen LogP contribution in [0.2, 0.25) is 0 Å². The van der Waals surface area contributed by atoms with Gasteiger partial charge in [-0.15, -0.1) is 0 Å². The number of ether oxygens (including phenoxy) is 1. The number of rotatable bonds is 1. The summed E-state index contributed by atoms with van der Waals surface area (Å²) >= 11 is 3.58. The van der Waals surface area contributed by atoms with Crippen LogP contribution in [-0.2, 0) is 4.74 Å². The number of nitrogens with one attached hydrogen (secondary N) is 1. The smallest absolute Gasteiger partial charge is 0.159 e. The third kappa shape index (κ3) is 1.60. The Morgan fingerprint density at radius 2 is 2.12 bits per heavy atom. The molecule has 0 amide bonds. The molecule has 2 aromatic rings. The van der Waals surface area contributed by atoms with Gasteiger partial charge >= 0.3 is 0 Å². The van der Waals surface area contributed by atoms with E-state index in [-0.39, 0.29) is 0 Å². The fourth-order valence-electron chi connectivity index (χ4n) is 2.02. The minimum absolute atomic E-state index is 0.777. The summed E-state index contributed by atoms with van der Waals surface area (Å²) in [5.74, 6) is 1.02. The number of nitrogens with zero attached hydrogens (tertiary/aromatic N) is 2. The zero-order valence-electron chi connectivity index (χ0n) is 8.74. The summed E-state index contributed by atoms with van der Waals surface area (Å²) in [5.41, 5.74) is 1.07. The summed E-state index contributed by atoms with van der Waals surface area (Å²) < 4.78 is 6.43. The van der Waals surface area contributed by atoms with E-state index in [0.29, 0.717) is 0 Å². The van der Waals surface area contributed by atoms with Crippen molar-refractivity contribution in [3.63, 3.8) is 0 Å². The minimum Gasteiger partial charge on any atom is -0.378 e. The van der Waals surface area contributed by atoms with Crippen molar-refractivity contribution in [1.82, 2.24) is 10.2 Å². The van der Waals surface area contributed by atoms with Crippen molar-refractivity contribution in [2.45, 2.75) is 0 Å². The van der Waals surface area contributed by atoms with Crippen LogP contribution in [0, 0.1) is 0 Å². The predicted octanol–water partition coefficient (Wildman–Crippen LogP) is 2.16. The lowest BCUT2D eigenvalue weighted by atomic mass is 10.2. The number of anilines is 1. The molecule has 2 heterocycles. The third-order valence-corrected chi connectivity index (χ3v) is 3.49. The second kappa shape index (κ2) is 4.07. The lowest BCUT2D eigenvalue weighted by Gasteiger charge is -2.27. The maximum atomic E-state index is 5.35. The van der Waals surface area contributed by atoms with Crippen LogP contribution < -0.4 is 4.90 Å². The Morgan fingerprint density at radius 3 is 2.94 bits per heavy atom. The van der Waals surface area contributed by atoms with Gasteiger partial charge in [-0.2, -0.15) is 5.10 Å². The minimum atomic E-state index is 0.777. The molecule has 0 radical (unpaired) electrons. The van der Waals surface area contributed by atoms with Crippen molar-refractivity contribution in [3.05, 3.63) is 22.7 Å². The molecule has 16 heavy (non-hydrogen) atoms. The Balaban J connectivity index is 2.09. The highest BCUT2D eigenvalue weighted by Gasteiger charge is 2.17. The van der Waals surface area contributed by atoms with E-state index in [4.69, 9.17) is 4.74 Å². The van der Waals surface area contributed by atoms with Crippen LogP contribution in [0.3, 0.4) is 0 Å². The SMILES string of the molecule is Brc1cccc2[nH]nc(N3CCOCC3)c12. The van der Waals surface area contributed by atoms with Crippen LogP contribution in [0.5, 0.6) is 0 Å². The molecule has 1 aliphatic rings. The summed E-state index contributed by atoms with van der Waals surface area (Å²) in [4.78, 5) is 2.26. The van der Waals surface area contributed by atoms with Gasteiger partial charge in [-0.3, -0.25) is 5.10 Å². The first-order chi connectivity index (χ1) is 7.86. The summed E-state index contributed by atoms with van der Waals surface area (Å²) in [5, 5.41) is 8.62. The molecule has 0 bridgehead atoms. The molecule has 1 fully saturated rings. The third-order valence-electron chi connectivity index (χ3n) is 2.83. The molecular weight excluding hydrogens is 270 g/mol. The molecule has 4 nitrogen and oxygen atoms in total. The highest BCUT2D eigenvalue weighted by Crippen LogP contribution is 2.31. The molecule has 84 valence electrons. The average Bonchev–Trinajstić information content (AvgIpc) is 2.75. The normalized spacial score (nSPS) is 16.9. The predicted molar refractivity (Wildman–Crippen MR) is 66.8 cm³/mol. The molecule has 1 saturated heterocycles. The molecule has 1 N–H and O–H groups in total. The average molecular weight is 282 g/mol. The van der Waals surface area contributed by atoms with E-state index >= 15 is 0 Å². The van der Waals surface area contributed by atoms with Crippen LogP contribution >= 0.6 is 15.9 Å². The van der Waals surface area contributed by atoms with Crippen molar-refractivity contribution < 1.29 is 4.74 Å². The highest BCUT2D eigenvalue weighted by molar-refractivity contribution is 9.10. The van der Waals surface area contributed by atoms with Gasteiger partial charge in [0.05, 0.1) is 24.1 Å². The summed E-state index contributed by atoms with van der Waals surface area (Å²) in [6.45, 7) is 3.36. The highest BCUT2D eigenvalue weighted by atomic mass is 79.9. The maximum absolute atomic E-state index is 5.35. The molecule has 3 rings (SSSR count). The number of fused-ring (bicyclic) bond motifs is 1. The van der Waals surface area contributed by atoms with E-state index in [1.54, 1.807) is 0 Å². The monoisotopic (exact) mass is 281 g/mol. The first kappa shape index (κ1) is 10.1. The van der Waals surface area contributed by atoms with Crippen LogP contribution in [-0.4, -0.2) is 36.5 Å². The standard InChI is InChI=1S/C11H12BrN3O/c12-8-2-1-3-9-10(8)11(14-13-9)15-4-6-16-7-5-15/h1-3H,4-7H2,(H,13,14). The lowest BCUT2D eigenvalue weighted by molar-refractivity contribution is 0.122. The number of morpholine rings is 1. The Kier molecular flexibility index (Phi) is 2.57. The summed E-state index contributed by atoms with van der Waals surface area (Å²) in [6, 6.07) is 6.09. The number of hydrogen-bond donors (Lipinski definition) is 1. The van der Waals surface area contributed by atoms with Gasteiger partial charge in [0, 0.05) is 17.6 Å². The Morgan fingerprint density at radius 1 is 1.31 bits per heavy atom. The van der Waals surface area contributed by atoms with Gasteiger partial charge in [0.2, 0.25) is 0 Å². The Hall–Kier alpha value is -1.07. The van der Waals surface area contributed by atoms with Crippen LogP contribution in [0.1, 0.15) is 0 Å². The van der Waals surface area contributed by atoms with E-state index in [1.165, 1.54) is 0 Å². The number of H-pyrrole nitrogens is 1. The van der Waals surface area contributed by atoms with Crippen molar-refractivity contribution in [2.24, 2.45) is 0 Å². The van der Waals surface area contributed by atoms with Gasteiger partial charge in [-0.25, -0.2) is 0 Å². The first-order valence-electron chi connectivity index (χ1n) is 5.31. The van der Waals surface area contributed by atoms with Crippen molar-refractivity contribution >= 4 is 32.7 Å². The van der Waals surface area contributed by atoms with Gasteiger partial charge in [0.25, 0.3) is 0 Å². The van der Waals surface area contributed by atoms with E-state index in [2.05, 4.69) is 31.0 Å². The summed E-state index contributed by atoms with van der Waals surface area (Å²) in [6.07, 6.45) is 0. The van der Waals surface area contributed by atoms with Crippen molar-refractivity contribution in [1.29, 1.82) is 0 Å². The van der Waals surface area contributed by atoms with Gasteiger partial charge < -0.3 is 9.64 Å². The molecule has 0 atom stereocenters. The number of hydrogen-bond acceptors (Lipinski definition) is 3. The molecule has 5 heteroatoms. The van der Waals surface area contributed by atoms with Gasteiger partial charge in [-0.05, 0) is 28.1 Å².